The number of amides is 1. The van der Waals surface area contributed by atoms with Gasteiger partial charge in [-0.15, -0.1) is 0 Å². The number of aryl methyl sites for hydroxylation is 1. The van der Waals surface area contributed by atoms with Gasteiger partial charge in [0.15, 0.2) is 0 Å². The molecule has 30 heavy (non-hydrogen) atoms. The van der Waals surface area contributed by atoms with Crippen LogP contribution in [0.1, 0.15) is 16.7 Å². The SMILES string of the molecule is Cc1cccc(N(C(=O)/C=C/c2ccc(Cl)c(Cl)c2)S(=O)(=O)c2ccccc2)c1C. The number of carbonyl (C=O) groups is 1. The molecule has 4 nitrogen and oxygen atoms in total. The van der Waals surface area contributed by atoms with Gasteiger partial charge in [0.05, 0.1) is 20.6 Å². The summed E-state index contributed by atoms with van der Waals surface area (Å²) in [6.07, 6.45) is 2.71. The Labute approximate surface area is 186 Å². The van der Waals surface area contributed by atoms with Gasteiger partial charge in [0.1, 0.15) is 0 Å². The van der Waals surface area contributed by atoms with Gasteiger partial charge in [0.2, 0.25) is 0 Å². The molecule has 1 amide bonds. The molecule has 0 spiro atoms. The summed E-state index contributed by atoms with van der Waals surface area (Å²) in [5, 5.41) is 0.735. The Hall–Kier alpha value is -2.60. The molecule has 3 rings (SSSR count). The van der Waals surface area contributed by atoms with Gasteiger partial charge in [-0.25, -0.2) is 8.42 Å². The van der Waals surface area contributed by atoms with E-state index in [2.05, 4.69) is 0 Å². The first-order valence-electron chi connectivity index (χ1n) is 9.05. The van der Waals surface area contributed by atoms with Crippen LogP contribution in [0.25, 0.3) is 6.08 Å². The summed E-state index contributed by atoms with van der Waals surface area (Å²) in [5.74, 6) is -0.696. The Balaban J connectivity index is 2.09. The highest BCUT2D eigenvalue weighted by Crippen LogP contribution is 2.29. The molecule has 0 saturated carbocycles. The second kappa shape index (κ2) is 9.04. The summed E-state index contributed by atoms with van der Waals surface area (Å²) in [6.45, 7) is 3.65. The first kappa shape index (κ1) is 22.1. The lowest BCUT2D eigenvalue weighted by Gasteiger charge is -2.24. The Morgan fingerprint density at radius 1 is 0.900 bits per heavy atom. The molecule has 0 N–H and O–H groups in total. The van der Waals surface area contributed by atoms with Gasteiger partial charge in [0.25, 0.3) is 15.9 Å². The number of anilines is 1. The van der Waals surface area contributed by atoms with E-state index in [0.29, 0.717) is 26.9 Å². The molecule has 0 fully saturated rings. The van der Waals surface area contributed by atoms with Crippen molar-refractivity contribution >= 4 is 50.9 Å². The normalized spacial score (nSPS) is 11.6. The molecule has 3 aromatic rings. The van der Waals surface area contributed by atoms with Crippen molar-refractivity contribution < 1.29 is 13.2 Å². The van der Waals surface area contributed by atoms with E-state index in [0.717, 1.165) is 9.87 Å². The van der Waals surface area contributed by atoms with Gasteiger partial charge >= 0.3 is 0 Å². The highest BCUT2D eigenvalue weighted by Gasteiger charge is 2.30. The van der Waals surface area contributed by atoms with Crippen LogP contribution in [0, 0.1) is 13.8 Å². The predicted octanol–water partition coefficient (Wildman–Crippen LogP) is 6.05. The van der Waals surface area contributed by atoms with Crippen LogP contribution in [-0.4, -0.2) is 14.3 Å². The summed E-state index contributed by atoms with van der Waals surface area (Å²) in [5.41, 5.74) is 2.51. The van der Waals surface area contributed by atoms with E-state index in [1.807, 2.05) is 13.0 Å². The molecule has 0 heterocycles. The first-order chi connectivity index (χ1) is 14.2. The van der Waals surface area contributed by atoms with Crippen LogP contribution >= 0.6 is 23.2 Å². The number of carbonyl (C=O) groups excluding carboxylic acids is 1. The molecular formula is C23H19Cl2NO3S. The number of hydrogen-bond donors (Lipinski definition) is 0. The van der Waals surface area contributed by atoms with Crippen LogP contribution in [-0.2, 0) is 14.8 Å². The van der Waals surface area contributed by atoms with Crippen molar-refractivity contribution in [3.63, 3.8) is 0 Å². The second-order valence-electron chi connectivity index (χ2n) is 6.65. The van der Waals surface area contributed by atoms with E-state index in [1.165, 1.54) is 24.3 Å². The maximum absolute atomic E-state index is 13.4. The maximum Gasteiger partial charge on any atom is 0.271 e. The highest BCUT2D eigenvalue weighted by atomic mass is 35.5. The van der Waals surface area contributed by atoms with Crippen LogP contribution in [0.5, 0.6) is 0 Å². The van der Waals surface area contributed by atoms with Crippen molar-refractivity contribution in [2.45, 2.75) is 18.7 Å². The number of benzene rings is 3. The zero-order valence-electron chi connectivity index (χ0n) is 16.3. The Morgan fingerprint density at radius 2 is 1.60 bits per heavy atom. The lowest BCUT2D eigenvalue weighted by atomic mass is 10.1. The summed E-state index contributed by atoms with van der Waals surface area (Å²) < 4.78 is 27.6. The lowest BCUT2D eigenvalue weighted by Crippen LogP contribution is -2.36. The molecule has 0 aliphatic heterocycles. The molecule has 0 unspecified atom stereocenters. The number of hydrogen-bond acceptors (Lipinski definition) is 3. The van der Waals surface area contributed by atoms with Crippen molar-refractivity contribution in [2.75, 3.05) is 4.31 Å². The summed E-state index contributed by atoms with van der Waals surface area (Å²) in [6, 6.07) is 18.0. The van der Waals surface area contributed by atoms with E-state index in [9.17, 15) is 13.2 Å². The topological polar surface area (TPSA) is 54.5 Å². The van der Waals surface area contributed by atoms with Crippen molar-refractivity contribution in [3.8, 4) is 0 Å². The average Bonchev–Trinajstić information content (AvgIpc) is 2.73. The molecule has 0 aliphatic rings. The maximum atomic E-state index is 13.4. The third kappa shape index (κ3) is 4.59. The summed E-state index contributed by atoms with van der Waals surface area (Å²) in [7, 11) is -4.13. The van der Waals surface area contributed by atoms with Crippen molar-refractivity contribution in [1.29, 1.82) is 0 Å². The van der Waals surface area contributed by atoms with E-state index in [-0.39, 0.29) is 4.90 Å². The Morgan fingerprint density at radius 3 is 2.27 bits per heavy atom. The first-order valence-corrected chi connectivity index (χ1v) is 11.2. The zero-order chi connectivity index (χ0) is 21.9. The average molecular weight is 460 g/mol. The standard InChI is InChI=1S/C23H19Cl2NO3S/c1-16-7-6-10-22(17(16)2)26(30(28,29)19-8-4-3-5-9-19)23(27)14-12-18-11-13-20(24)21(25)15-18/h3-15H,1-2H3/b14-12+. The molecule has 0 bridgehead atoms. The van der Waals surface area contributed by atoms with Gasteiger partial charge in [-0.05, 0) is 66.9 Å². The zero-order valence-corrected chi connectivity index (χ0v) is 18.7. The number of rotatable bonds is 5. The van der Waals surface area contributed by atoms with Crippen LogP contribution in [0.2, 0.25) is 10.0 Å². The van der Waals surface area contributed by atoms with Gasteiger partial charge in [0, 0.05) is 6.08 Å². The molecule has 0 saturated heterocycles. The molecular weight excluding hydrogens is 441 g/mol. The number of nitrogens with zero attached hydrogens (tertiary/aromatic N) is 1. The second-order valence-corrected chi connectivity index (χ2v) is 9.25. The van der Waals surface area contributed by atoms with Crippen molar-refractivity contribution in [2.24, 2.45) is 0 Å². The molecule has 0 aromatic heterocycles. The number of sulfonamides is 1. The van der Waals surface area contributed by atoms with E-state index < -0.39 is 15.9 Å². The van der Waals surface area contributed by atoms with Crippen molar-refractivity contribution in [1.82, 2.24) is 0 Å². The highest BCUT2D eigenvalue weighted by molar-refractivity contribution is 7.93. The van der Waals surface area contributed by atoms with Gasteiger partial charge in [-0.3, -0.25) is 4.79 Å². The monoisotopic (exact) mass is 459 g/mol. The van der Waals surface area contributed by atoms with Crippen molar-refractivity contribution in [3.05, 3.63) is 99.5 Å². The predicted molar refractivity (Wildman–Crippen MR) is 123 cm³/mol. The summed E-state index contributed by atoms with van der Waals surface area (Å²) in [4.78, 5) is 13.2. The van der Waals surface area contributed by atoms with Gasteiger partial charge in [-0.2, -0.15) is 4.31 Å². The molecule has 0 aliphatic carbocycles. The minimum absolute atomic E-state index is 0.0298. The third-order valence-corrected chi connectivity index (χ3v) is 7.10. The van der Waals surface area contributed by atoms with Crippen LogP contribution in [0.3, 0.4) is 0 Å². The Bertz CT molecular complexity index is 1220. The molecule has 7 heteroatoms. The van der Waals surface area contributed by atoms with Gasteiger partial charge < -0.3 is 0 Å². The van der Waals surface area contributed by atoms with E-state index >= 15 is 0 Å². The van der Waals surface area contributed by atoms with E-state index in [1.54, 1.807) is 55.5 Å². The van der Waals surface area contributed by atoms with E-state index in [4.69, 9.17) is 23.2 Å². The fourth-order valence-electron chi connectivity index (χ4n) is 2.87. The largest absolute Gasteiger partial charge is 0.271 e. The number of halogens is 2. The molecule has 3 aromatic carbocycles. The van der Waals surface area contributed by atoms with Crippen LogP contribution in [0.15, 0.2) is 77.7 Å². The minimum Gasteiger partial charge on any atom is -0.268 e. The summed E-state index contributed by atoms with van der Waals surface area (Å²) >= 11 is 11.9. The molecule has 0 radical (unpaired) electrons. The molecule has 154 valence electrons. The van der Waals surface area contributed by atoms with Crippen LogP contribution in [0.4, 0.5) is 5.69 Å². The molecule has 0 atom stereocenters. The third-order valence-electron chi connectivity index (χ3n) is 4.64. The minimum atomic E-state index is -4.13. The quantitative estimate of drug-likeness (QED) is 0.436. The fourth-order valence-corrected chi connectivity index (χ4v) is 4.64. The fraction of sp³-hybridized carbons (Fsp3) is 0.0870. The van der Waals surface area contributed by atoms with Crippen LogP contribution < -0.4 is 4.31 Å². The smallest absolute Gasteiger partial charge is 0.268 e. The Kier molecular flexibility index (Phi) is 6.66. The van der Waals surface area contributed by atoms with Gasteiger partial charge in [-0.1, -0.05) is 59.6 Å². The lowest BCUT2D eigenvalue weighted by molar-refractivity contribution is -0.113.